The largest absolute Gasteiger partial charge is 0.481 e. The van der Waals surface area contributed by atoms with Crippen LogP contribution < -0.4 is 11.1 Å². The normalized spacial score (nSPS) is 18.9. The number of piperidine rings is 1. The van der Waals surface area contributed by atoms with Crippen LogP contribution in [0.25, 0.3) is 0 Å². The number of amides is 3. The van der Waals surface area contributed by atoms with Gasteiger partial charge < -0.3 is 21.1 Å². The molecule has 1 unspecified atom stereocenters. The quantitative estimate of drug-likeness (QED) is 0.602. The lowest BCUT2D eigenvalue weighted by atomic mass is 10.00. The molecule has 1 heterocycles. The topological polar surface area (TPSA) is 113 Å². The Morgan fingerprint density at radius 3 is 2.68 bits per heavy atom. The maximum atomic E-state index is 11.9. The van der Waals surface area contributed by atoms with Gasteiger partial charge in [0.1, 0.15) is 0 Å². The lowest BCUT2D eigenvalue weighted by Crippen LogP contribution is -2.49. The summed E-state index contributed by atoms with van der Waals surface area (Å²) in [6, 6.07) is -0.488. The van der Waals surface area contributed by atoms with Gasteiger partial charge in [0, 0.05) is 25.6 Å². The Balaban J connectivity index is 2.38. The Morgan fingerprint density at radius 2 is 2.05 bits per heavy atom. The number of nitrogens with two attached hydrogens (primary N) is 1. The van der Waals surface area contributed by atoms with Gasteiger partial charge in [-0.3, -0.25) is 9.59 Å². The van der Waals surface area contributed by atoms with Crippen LogP contribution in [0, 0.1) is 0 Å². The van der Waals surface area contributed by atoms with Crippen LogP contribution in [0.15, 0.2) is 0 Å². The molecule has 108 valence electrons. The predicted molar refractivity (Wildman–Crippen MR) is 68.4 cm³/mol. The highest BCUT2D eigenvalue weighted by Crippen LogP contribution is 2.19. The molecular weight excluding hydrogens is 250 g/mol. The molecule has 1 aliphatic heterocycles. The summed E-state index contributed by atoms with van der Waals surface area (Å²) in [4.78, 5) is 34.8. The van der Waals surface area contributed by atoms with E-state index in [2.05, 4.69) is 5.32 Å². The van der Waals surface area contributed by atoms with E-state index < -0.39 is 11.9 Å². The van der Waals surface area contributed by atoms with Crippen LogP contribution >= 0.6 is 0 Å². The van der Waals surface area contributed by atoms with Gasteiger partial charge in [-0.15, -0.1) is 0 Å². The van der Waals surface area contributed by atoms with Gasteiger partial charge in [0.25, 0.3) is 0 Å². The van der Waals surface area contributed by atoms with Gasteiger partial charge in [0.15, 0.2) is 0 Å². The van der Waals surface area contributed by atoms with Gasteiger partial charge in [-0.2, -0.15) is 0 Å². The van der Waals surface area contributed by atoms with E-state index in [9.17, 15) is 14.4 Å². The maximum absolute atomic E-state index is 11.9. The number of primary amides is 1. The summed E-state index contributed by atoms with van der Waals surface area (Å²) in [5, 5.41) is 11.5. The second-order valence-corrected chi connectivity index (χ2v) is 4.74. The fraction of sp³-hybridized carbons (Fsp3) is 0.750. The molecule has 0 aromatic rings. The number of carboxylic acid groups (broad SMARTS) is 1. The Morgan fingerprint density at radius 1 is 1.32 bits per heavy atom. The molecule has 0 radical (unpaired) electrons. The first-order valence-corrected chi connectivity index (χ1v) is 6.55. The molecule has 1 saturated heterocycles. The molecule has 0 spiro atoms. The zero-order valence-corrected chi connectivity index (χ0v) is 10.9. The van der Waals surface area contributed by atoms with Crippen LogP contribution in [0.3, 0.4) is 0 Å². The first-order valence-electron chi connectivity index (χ1n) is 6.55. The number of aliphatic carboxylic acids is 1. The van der Waals surface area contributed by atoms with Crippen molar-refractivity contribution >= 4 is 17.9 Å². The Labute approximate surface area is 112 Å². The molecule has 0 aromatic heterocycles. The molecule has 1 aliphatic rings. The van der Waals surface area contributed by atoms with Gasteiger partial charge in [-0.05, 0) is 25.7 Å². The Hall–Kier alpha value is -1.79. The van der Waals surface area contributed by atoms with Crippen molar-refractivity contribution in [1.82, 2.24) is 10.2 Å². The first-order chi connectivity index (χ1) is 9.00. The van der Waals surface area contributed by atoms with Gasteiger partial charge in [-0.1, -0.05) is 0 Å². The zero-order chi connectivity index (χ0) is 14.3. The van der Waals surface area contributed by atoms with Crippen LogP contribution in [0.4, 0.5) is 4.79 Å². The minimum atomic E-state index is -0.890. The lowest BCUT2D eigenvalue weighted by molar-refractivity contribution is -0.138. The second kappa shape index (κ2) is 7.60. The van der Waals surface area contributed by atoms with Crippen molar-refractivity contribution in [3.05, 3.63) is 0 Å². The number of carboxylic acids is 1. The van der Waals surface area contributed by atoms with Crippen LogP contribution in [-0.4, -0.2) is 47.0 Å². The van der Waals surface area contributed by atoms with Crippen molar-refractivity contribution in [2.24, 2.45) is 5.73 Å². The van der Waals surface area contributed by atoms with Gasteiger partial charge >= 0.3 is 12.0 Å². The number of carbonyl (C=O) groups excluding carboxylic acids is 2. The number of nitrogens with one attached hydrogen (secondary N) is 1. The van der Waals surface area contributed by atoms with E-state index in [4.69, 9.17) is 10.8 Å². The van der Waals surface area contributed by atoms with Crippen molar-refractivity contribution < 1.29 is 19.5 Å². The summed E-state index contributed by atoms with van der Waals surface area (Å²) in [7, 11) is 0. The molecule has 0 saturated carbocycles. The first kappa shape index (κ1) is 15.3. The number of likely N-dealkylation sites (tertiary alicyclic amines) is 1. The van der Waals surface area contributed by atoms with E-state index in [0.717, 1.165) is 19.3 Å². The average Bonchev–Trinajstić information content (AvgIpc) is 2.34. The van der Waals surface area contributed by atoms with Gasteiger partial charge in [0.05, 0.1) is 6.42 Å². The zero-order valence-electron chi connectivity index (χ0n) is 10.9. The van der Waals surface area contributed by atoms with Crippen molar-refractivity contribution in [2.45, 2.75) is 44.6 Å². The van der Waals surface area contributed by atoms with E-state index in [-0.39, 0.29) is 24.9 Å². The number of hydrogen-bond acceptors (Lipinski definition) is 3. The summed E-state index contributed by atoms with van der Waals surface area (Å²) < 4.78 is 0. The molecule has 7 heteroatoms. The lowest BCUT2D eigenvalue weighted by Gasteiger charge is -2.34. The Kier molecular flexibility index (Phi) is 6.11. The van der Waals surface area contributed by atoms with Crippen LogP contribution in [0.2, 0.25) is 0 Å². The average molecular weight is 271 g/mol. The molecule has 19 heavy (non-hydrogen) atoms. The Bertz CT molecular complexity index is 346. The fourth-order valence-corrected chi connectivity index (χ4v) is 2.24. The number of carbonyl (C=O) groups is 3. The molecule has 4 N–H and O–H groups in total. The molecule has 1 atom stereocenters. The maximum Gasteiger partial charge on any atom is 0.317 e. The number of urea groups is 1. The van der Waals surface area contributed by atoms with Crippen molar-refractivity contribution in [2.75, 3.05) is 13.1 Å². The van der Waals surface area contributed by atoms with Crippen molar-refractivity contribution in [1.29, 1.82) is 0 Å². The molecule has 0 aromatic carbocycles. The third-order valence-electron chi connectivity index (χ3n) is 3.17. The smallest absolute Gasteiger partial charge is 0.317 e. The molecular formula is C12H21N3O4. The minimum absolute atomic E-state index is 0.0191. The standard InChI is InChI=1S/C12H21N3O4/c13-10(16)5-3-6-14-12(19)15-7-2-1-4-9(15)8-11(17)18/h9H,1-8H2,(H2,13,16)(H,14,19)(H,17,18). The minimum Gasteiger partial charge on any atom is -0.481 e. The molecule has 0 bridgehead atoms. The molecule has 0 aliphatic carbocycles. The molecule has 1 fully saturated rings. The van der Waals surface area contributed by atoms with E-state index >= 15 is 0 Å². The van der Waals surface area contributed by atoms with Crippen molar-refractivity contribution in [3.8, 4) is 0 Å². The van der Waals surface area contributed by atoms with Crippen LogP contribution in [0.1, 0.15) is 38.5 Å². The highest BCUT2D eigenvalue weighted by molar-refractivity contribution is 5.76. The SMILES string of the molecule is NC(=O)CCCNC(=O)N1CCCCC1CC(=O)O. The highest BCUT2D eigenvalue weighted by atomic mass is 16.4. The summed E-state index contributed by atoms with van der Waals surface area (Å²) in [6.45, 7) is 0.956. The summed E-state index contributed by atoms with van der Waals surface area (Å²) in [6.07, 6.45) is 3.28. The fourth-order valence-electron chi connectivity index (χ4n) is 2.24. The predicted octanol–water partition coefficient (Wildman–Crippen LogP) is 0.291. The van der Waals surface area contributed by atoms with Crippen LogP contribution in [0.5, 0.6) is 0 Å². The van der Waals surface area contributed by atoms with E-state index in [1.165, 1.54) is 0 Å². The number of rotatable bonds is 6. The summed E-state index contributed by atoms with van der Waals surface area (Å²) >= 11 is 0. The molecule has 1 rings (SSSR count). The highest BCUT2D eigenvalue weighted by Gasteiger charge is 2.28. The van der Waals surface area contributed by atoms with Crippen LogP contribution in [-0.2, 0) is 9.59 Å². The number of nitrogens with zero attached hydrogens (tertiary/aromatic N) is 1. The number of hydrogen-bond donors (Lipinski definition) is 3. The molecule has 3 amide bonds. The summed E-state index contributed by atoms with van der Waals surface area (Å²) in [5.74, 6) is -1.28. The van der Waals surface area contributed by atoms with E-state index in [1.807, 2.05) is 0 Å². The molecule has 7 nitrogen and oxygen atoms in total. The van der Waals surface area contributed by atoms with Gasteiger partial charge in [0.2, 0.25) is 5.91 Å². The second-order valence-electron chi connectivity index (χ2n) is 4.74. The monoisotopic (exact) mass is 271 g/mol. The third-order valence-corrected chi connectivity index (χ3v) is 3.17. The van der Waals surface area contributed by atoms with E-state index in [1.54, 1.807) is 4.90 Å². The van der Waals surface area contributed by atoms with Gasteiger partial charge in [-0.25, -0.2) is 4.79 Å². The summed E-state index contributed by atoms with van der Waals surface area (Å²) in [5.41, 5.74) is 5.00. The van der Waals surface area contributed by atoms with E-state index in [0.29, 0.717) is 19.5 Å². The third kappa shape index (κ3) is 5.58. The van der Waals surface area contributed by atoms with Crippen molar-refractivity contribution in [3.63, 3.8) is 0 Å².